The highest BCUT2D eigenvalue weighted by Crippen LogP contribution is 2.50. The summed E-state index contributed by atoms with van der Waals surface area (Å²) in [5.41, 5.74) is 12.2. The van der Waals surface area contributed by atoms with Crippen molar-refractivity contribution in [2.75, 3.05) is 0 Å². The Morgan fingerprint density at radius 2 is 0.929 bits per heavy atom. The number of aryl methyl sites for hydroxylation is 4. The number of nitrogens with zero attached hydrogens (tertiary/aromatic N) is 1. The molecule has 0 saturated carbocycles. The molecule has 0 bridgehead atoms. The molecule has 1 heterocycles. The van der Waals surface area contributed by atoms with Gasteiger partial charge in [0, 0.05) is 17.3 Å². The number of hydrogen-bond donors (Lipinski definition) is 0. The molecule has 236 valence electrons. The first-order valence-electron chi connectivity index (χ1n) is 18.0. The predicted molar refractivity (Wildman–Crippen MR) is 186 cm³/mol. The number of rotatable bonds is 16. The van der Waals surface area contributed by atoms with Crippen LogP contribution in [0.15, 0.2) is 0 Å². The van der Waals surface area contributed by atoms with Gasteiger partial charge in [0.05, 0.1) is 11.0 Å². The SMILES string of the molecule is CCCCC(C)(CC)c1c(CC)c(F)c2c(c1CC)c1c(CC)c(C(C)(CC)CCCC)c(CC)c(CC)c1n2CC. The fraction of sp³-hybridized carbons (Fsp3) is 0.700. The van der Waals surface area contributed by atoms with E-state index in [1.165, 1.54) is 70.6 Å². The topological polar surface area (TPSA) is 4.93 Å². The molecule has 0 spiro atoms. The predicted octanol–water partition coefficient (Wildman–Crippen LogP) is 12.5. The van der Waals surface area contributed by atoms with E-state index < -0.39 is 0 Å². The average molecular weight is 578 g/mol. The normalized spacial score (nSPS) is 15.1. The summed E-state index contributed by atoms with van der Waals surface area (Å²) in [7, 11) is 0. The number of hydrogen-bond acceptors (Lipinski definition) is 0. The van der Waals surface area contributed by atoms with Gasteiger partial charge in [0.15, 0.2) is 5.82 Å². The molecule has 0 fully saturated rings. The largest absolute Gasteiger partial charge is 0.338 e. The first kappa shape index (κ1) is 34.7. The van der Waals surface area contributed by atoms with Crippen LogP contribution in [0.1, 0.15) is 173 Å². The van der Waals surface area contributed by atoms with Gasteiger partial charge in [-0.3, -0.25) is 0 Å². The zero-order valence-corrected chi connectivity index (χ0v) is 29.7. The van der Waals surface area contributed by atoms with E-state index in [1.54, 1.807) is 11.1 Å². The van der Waals surface area contributed by atoms with Crippen molar-refractivity contribution >= 4 is 21.8 Å². The quantitative estimate of drug-likeness (QED) is 0.160. The molecule has 42 heavy (non-hydrogen) atoms. The first-order valence-corrected chi connectivity index (χ1v) is 18.0. The Morgan fingerprint density at radius 1 is 0.524 bits per heavy atom. The van der Waals surface area contributed by atoms with Crippen molar-refractivity contribution in [2.45, 2.75) is 184 Å². The van der Waals surface area contributed by atoms with Crippen LogP contribution in [-0.4, -0.2) is 4.57 Å². The molecule has 1 nitrogen and oxygen atoms in total. The highest BCUT2D eigenvalue weighted by molar-refractivity contribution is 6.14. The standard InChI is InChI=1S/C40H64FN/c1-13-23-25-39(11,20-8)34-27(15-3)28(16-4)37-32(29(34)17-5)33-30(18-6)35(40(12,21-9)26-24-14-2)31(19-7)36(41)38(33)42(37)22-10/h13-26H2,1-12H3. The lowest BCUT2D eigenvalue weighted by molar-refractivity contribution is 0.395. The van der Waals surface area contributed by atoms with Crippen LogP contribution < -0.4 is 0 Å². The molecule has 0 saturated heterocycles. The van der Waals surface area contributed by atoms with Gasteiger partial charge >= 0.3 is 0 Å². The van der Waals surface area contributed by atoms with E-state index in [9.17, 15) is 0 Å². The van der Waals surface area contributed by atoms with Gasteiger partial charge in [0.1, 0.15) is 0 Å². The molecule has 1 aromatic heterocycles. The molecule has 0 amide bonds. The van der Waals surface area contributed by atoms with E-state index in [2.05, 4.69) is 87.7 Å². The maximum atomic E-state index is 17.3. The number of halogens is 1. The van der Waals surface area contributed by atoms with Crippen LogP contribution >= 0.6 is 0 Å². The van der Waals surface area contributed by atoms with Crippen molar-refractivity contribution in [2.24, 2.45) is 0 Å². The second kappa shape index (κ2) is 14.3. The molecule has 3 rings (SSSR count). The minimum Gasteiger partial charge on any atom is -0.338 e. The molecule has 2 heteroatoms. The summed E-state index contributed by atoms with van der Waals surface area (Å²) < 4.78 is 19.7. The Hall–Kier alpha value is -1.83. The summed E-state index contributed by atoms with van der Waals surface area (Å²) in [5, 5.41) is 2.64. The third-order valence-corrected chi connectivity index (χ3v) is 11.2. The van der Waals surface area contributed by atoms with Gasteiger partial charge in [0.25, 0.3) is 0 Å². The van der Waals surface area contributed by atoms with Crippen LogP contribution in [0.25, 0.3) is 21.8 Å². The van der Waals surface area contributed by atoms with Gasteiger partial charge in [-0.2, -0.15) is 0 Å². The molecule has 2 aromatic carbocycles. The molecular formula is C40H64FN. The Kier molecular flexibility index (Phi) is 11.8. The molecule has 2 unspecified atom stereocenters. The monoisotopic (exact) mass is 578 g/mol. The number of fused-ring (bicyclic) bond motifs is 3. The van der Waals surface area contributed by atoms with E-state index in [0.717, 1.165) is 69.0 Å². The van der Waals surface area contributed by atoms with Gasteiger partial charge in [-0.15, -0.1) is 0 Å². The van der Waals surface area contributed by atoms with Gasteiger partial charge in [-0.25, -0.2) is 4.39 Å². The molecule has 0 aliphatic rings. The van der Waals surface area contributed by atoms with Gasteiger partial charge in [-0.05, 0) is 114 Å². The third kappa shape index (κ3) is 5.47. The van der Waals surface area contributed by atoms with Crippen molar-refractivity contribution in [1.29, 1.82) is 0 Å². The average Bonchev–Trinajstić information content (AvgIpc) is 3.36. The Labute approximate surface area is 259 Å². The van der Waals surface area contributed by atoms with Gasteiger partial charge < -0.3 is 4.57 Å². The first-order chi connectivity index (χ1) is 20.1. The fourth-order valence-corrected chi connectivity index (χ4v) is 8.58. The molecule has 3 aromatic rings. The van der Waals surface area contributed by atoms with E-state index in [4.69, 9.17) is 0 Å². The Bertz CT molecular complexity index is 1370. The fourth-order valence-electron chi connectivity index (χ4n) is 8.58. The lowest BCUT2D eigenvalue weighted by atomic mass is 9.68. The zero-order valence-electron chi connectivity index (χ0n) is 29.7. The highest BCUT2D eigenvalue weighted by atomic mass is 19.1. The molecule has 0 N–H and O–H groups in total. The summed E-state index contributed by atoms with van der Waals surface area (Å²) >= 11 is 0. The molecule has 2 atom stereocenters. The second-order valence-electron chi connectivity index (χ2n) is 13.5. The summed E-state index contributed by atoms with van der Waals surface area (Å²) in [6, 6.07) is 0. The summed E-state index contributed by atoms with van der Waals surface area (Å²) in [4.78, 5) is 0. The van der Waals surface area contributed by atoms with Crippen LogP contribution in [-0.2, 0) is 49.5 Å². The van der Waals surface area contributed by atoms with Crippen molar-refractivity contribution in [3.8, 4) is 0 Å². The lowest BCUT2D eigenvalue weighted by Gasteiger charge is -2.36. The molecule has 0 radical (unpaired) electrons. The van der Waals surface area contributed by atoms with E-state index >= 15 is 4.39 Å². The summed E-state index contributed by atoms with van der Waals surface area (Å²) in [6.07, 6.45) is 14.0. The van der Waals surface area contributed by atoms with Crippen molar-refractivity contribution in [1.82, 2.24) is 4.57 Å². The maximum absolute atomic E-state index is 17.3. The molecule has 0 aliphatic heterocycles. The van der Waals surface area contributed by atoms with Crippen LogP contribution in [0.5, 0.6) is 0 Å². The Morgan fingerprint density at radius 3 is 1.29 bits per heavy atom. The zero-order chi connectivity index (χ0) is 31.4. The number of unbranched alkanes of at least 4 members (excludes halogenated alkanes) is 2. The van der Waals surface area contributed by atoms with Crippen LogP contribution in [0.2, 0.25) is 0 Å². The molecular weight excluding hydrogens is 513 g/mol. The van der Waals surface area contributed by atoms with Crippen LogP contribution in [0.3, 0.4) is 0 Å². The third-order valence-electron chi connectivity index (χ3n) is 11.2. The van der Waals surface area contributed by atoms with Crippen molar-refractivity contribution in [3.05, 3.63) is 44.8 Å². The summed E-state index contributed by atoms with van der Waals surface area (Å²) in [6.45, 7) is 28.8. The van der Waals surface area contributed by atoms with E-state index in [0.29, 0.717) is 0 Å². The molecule has 0 aliphatic carbocycles. The summed E-state index contributed by atoms with van der Waals surface area (Å²) in [5.74, 6) is 0.0573. The minimum absolute atomic E-state index is 0.0203. The maximum Gasteiger partial charge on any atom is 0.150 e. The Balaban J connectivity index is 2.81. The smallest absolute Gasteiger partial charge is 0.150 e. The number of aromatic nitrogens is 1. The second-order valence-corrected chi connectivity index (χ2v) is 13.5. The van der Waals surface area contributed by atoms with E-state index in [1.807, 2.05) is 0 Å². The minimum atomic E-state index is -0.0203. The van der Waals surface area contributed by atoms with Gasteiger partial charge in [-0.1, -0.05) is 102 Å². The van der Waals surface area contributed by atoms with Gasteiger partial charge in [0.2, 0.25) is 0 Å². The van der Waals surface area contributed by atoms with Crippen LogP contribution in [0, 0.1) is 5.82 Å². The van der Waals surface area contributed by atoms with Crippen molar-refractivity contribution < 1.29 is 4.39 Å². The van der Waals surface area contributed by atoms with Crippen molar-refractivity contribution in [3.63, 3.8) is 0 Å². The van der Waals surface area contributed by atoms with E-state index in [-0.39, 0.29) is 16.6 Å². The lowest BCUT2D eigenvalue weighted by Crippen LogP contribution is -2.26. The number of benzene rings is 2. The van der Waals surface area contributed by atoms with Crippen LogP contribution in [0.4, 0.5) is 4.39 Å². The highest BCUT2D eigenvalue weighted by Gasteiger charge is 2.37.